The Morgan fingerprint density at radius 1 is 1.25 bits per heavy atom. The molecule has 2 aromatic rings. The Kier molecular flexibility index (Phi) is 4.97. The van der Waals surface area contributed by atoms with Crippen molar-refractivity contribution < 1.29 is 19.4 Å². The number of aliphatic carboxylic acids is 1. The summed E-state index contributed by atoms with van der Waals surface area (Å²) < 4.78 is 5.13. The van der Waals surface area contributed by atoms with Gasteiger partial charge < -0.3 is 14.7 Å². The van der Waals surface area contributed by atoms with Gasteiger partial charge in [0.25, 0.3) is 5.91 Å². The molecule has 6 heteroatoms. The van der Waals surface area contributed by atoms with E-state index in [9.17, 15) is 14.7 Å². The molecule has 1 fully saturated rings. The maximum atomic E-state index is 12.8. The van der Waals surface area contributed by atoms with Gasteiger partial charge in [0.2, 0.25) is 0 Å². The summed E-state index contributed by atoms with van der Waals surface area (Å²) in [5.74, 6) is -1.73. The van der Waals surface area contributed by atoms with Gasteiger partial charge in [-0.05, 0) is 17.0 Å². The molecule has 2 heterocycles. The highest BCUT2D eigenvalue weighted by Crippen LogP contribution is 2.34. The van der Waals surface area contributed by atoms with Gasteiger partial charge in [-0.15, -0.1) is 11.3 Å². The summed E-state index contributed by atoms with van der Waals surface area (Å²) in [7, 11) is 1.59. The lowest BCUT2D eigenvalue weighted by atomic mass is 9.89. The number of nitrogens with zero attached hydrogens (tertiary/aromatic N) is 1. The molecule has 1 aliphatic heterocycles. The van der Waals surface area contributed by atoms with Gasteiger partial charge in [-0.3, -0.25) is 9.59 Å². The topological polar surface area (TPSA) is 66.8 Å². The van der Waals surface area contributed by atoms with Gasteiger partial charge in [0.15, 0.2) is 0 Å². The molecule has 0 aliphatic carbocycles. The Labute approximate surface area is 144 Å². The lowest BCUT2D eigenvalue weighted by Gasteiger charge is -2.16. The Balaban J connectivity index is 1.84. The van der Waals surface area contributed by atoms with Gasteiger partial charge in [-0.2, -0.15) is 0 Å². The average molecular weight is 345 g/mol. The molecule has 0 radical (unpaired) electrons. The fourth-order valence-electron chi connectivity index (χ4n) is 3.19. The molecule has 1 saturated heterocycles. The average Bonchev–Trinajstić information content (AvgIpc) is 3.22. The zero-order valence-electron chi connectivity index (χ0n) is 13.3. The molecule has 3 rings (SSSR count). The second kappa shape index (κ2) is 7.15. The van der Waals surface area contributed by atoms with Crippen molar-refractivity contribution in [2.75, 3.05) is 20.2 Å². The SMILES string of the molecule is COCc1ccsc1C(=O)N1CC(C(=O)O)C(c2ccccc2)C1. The highest BCUT2D eigenvalue weighted by molar-refractivity contribution is 7.12. The van der Waals surface area contributed by atoms with Crippen molar-refractivity contribution >= 4 is 23.2 Å². The number of ether oxygens (including phenoxy) is 1. The predicted molar refractivity (Wildman–Crippen MR) is 91.2 cm³/mol. The summed E-state index contributed by atoms with van der Waals surface area (Å²) in [6, 6.07) is 11.4. The first-order chi connectivity index (χ1) is 11.6. The molecule has 1 aromatic heterocycles. The number of thiophene rings is 1. The number of carbonyl (C=O) groups is 2. The van der Waals surface area contributed by atoms with E-state index in [2.05, 4.69) is 0 Å². The van der Waals surface area contributed by atoms with E-state index >= 15 is 0 Å². The van der Waals surface area contributed by atoms with Crippen LogP contribution in [0.15, 0.2) is 41.8 Å². The lowest BCUT2D eigenvalue weighted by Crippen LogP contribution is -2.30. The van der Waals surface area contributed by atoms with Gasteiger partial charge in [0.05, 0.1) is 17.4 Å². The fraction of sp³-hybridized carbons (Fsp3) is 0.333. The minimum absolute atomic E-state index is 0.110. The number of likely N-dealkylation sites (tertiary alicyclic amines) is 1. The van der Waals surface area contributed by atoms with Crippen molar-refractivity contribution in [1.29, 1.82) is 0 Å². The van der Waals surface area contributed by atoms with Gasteiger partial charge in [0, 0.05) is 31.7 Å². The zero-order chi connectivity index (χ0) is 17.1. The maximum absolute atomic E-state index is 12.8. The summed E-state index contributed by atoms with van der Waals surface area (Å²) >= 11 is 1.37. The number of carboxylic acids is 1. The summed E-state index contributed by atoms with van der Waals surface area (Å²) in [6.45, 7) is 1.03. The normalized spacial score (nSPS) is 20.3. The van der Waals surface area contributed by atoms with Gasteiger partial charge in [-0.25, -0.2) is 0 Å². The molecule has 0 spiro atoms. The van der Waals surface area contributed by atoms with E-state index in [0.29, 0.717) is 18.0 Å². The van der Waals surface area contributed by atoms with E-state index in [1.807, 2.05) is 41.8 Å². The fourth-order valence-corrected chi connectivity index (χ4v) is 4.07. The van der Waals surface area contributed by atoms with Crippen molar-refractivity contribution in [2.45, 2.75) is 12.5 Å². The first-order valence-corrected chi connectivity index (χ1v) is 8.62. The third kappa shape index (κ3) is 3.20. The Morgan fingerprint density at radius 3 is 2.67 bits per heavy atom. The van der Waals surface area contributed by atoms with Crippen molar-refractivity contribution in [3.63, 3.8) is 0 Å². The number of amides is 1. The third-order valence-corrected chi connectivity index (χ3v) is 5.34. The molecular weight excluding hydrogens is 326 g/mol. The standard InChI is InChI=1S/C18H19NO4S/c1-23-11-13-7-8-24-16(13)17(20)19-9-14(15(10-19)18(21)22)12-5-3-2-4-6-12/h2-8,14-15H,9-11H2,1H3,(H,21,22). The van der Waals surface area contributed by atoms with E-state index in [-0.39, 0.29) is 18.4 Å². The number of methoxy groups -OCH3 is 1. The van der Waals surface area contributed by atoms with Crippen LogP contribution in [0.25, 0.3) is 0 Å². The smallest absolute Gasteiger partial charge is 0.308 e. The van der Waals surface area contributed by atoms with Crippen molar-refractivity contribution in [1.82, 2.24) is 4.90 Å². The Bertz CT molecular complexity index is 728. The Hall–Kier alpha value is -2.18. The Morgan fingerprint density at radius 2 is 2.00 bits per heavy atom. The van der Waals surface area contributed by atoms with Crippen LogP contribution in [-0.2, 0) is 16.1 Å². The van der Waals surface area contributed by atoms with E-state index in [1.165, 1.54) is 11.3 Å². The van der Waals surface area contributed by atoms with Gasteiger partial charge in [-0.1, -0.05) is 30.3 Å². The van der Waals surface area contributed by atoms with Crippen LogP contribution in [-0.4, -0.2) is 42.1 Å². The molecule has 2 atom stereocenters. The minimum atomic E-state index is -0.859. The summed E-state index contributed by atoms with van der Waals surface area (Å²) in [5, 5.41) is 11.4. The van der Waals surface area contributed by atoms with Crippen LogP contribution in [0.5, 0.6) is 0 Å². The van der Waals surface area contributed by atoms with E-state index < -0.39 is 11.9 Å². The van der Waals surface area contributed by atoms with Crippen LogP contribution in [0.3, 0.4) is 0 Å². The quantitative estimate of drug-likeness (QED) is 0.905. The van der Waals surface area contributed by atoms with Crippen molar-refractivity contribution in [3.05, 3.63) is 57.8 Å². The van der Waals surface area contributed by atoms with E-state index in [0.717, 1.165) is 11.1 Å². The first kappa shape index (κ1) is 16.7. The molecule has 126 valence electrons. The van der Waals surface area contributed by atoms with Crippen LogP contribution in [0, 0.1) is 5.92 Å². The molecule has 0 bridgehead atoms. The third-order valence-electron chi connectivity index (χ3n) is 4.39. The number of hydrogen-bond acceptors (Lipinski definition) is 4. The summed E-state index contributed by atoms with van der Waals surface area (Å²) in [4.78, 5) is 26.8. The second-order valence-corrected chi connectivity index (χ2v) is 6.80. The molecule has 2 unspecified atom stereocenters. The number of benzene rings is 1. The summed E-state index contributed by atoms with van der Waals surface area (Å²) in [5.41, 5.74) is 1.81. The van der Waals surface area contributed by atoms with E-state index in [1.54, 1.807) is 12.0 Å². The second-order valence-electron chi connectivity index (χ2n) is 5.88. The van der Waals surface area contributed by atoms with Crippen molar-refractivity contribution in [2.24, 2.45) is 5.92 Å². The number of hydrogen-bond donors (Lipinski definition) is 1. The van der Waals surface area contributed by atoms with Crippen LogP contribution in [0.4, 0.5) is 0 Å². The number of carbonyl (C=O) groups excluding carboxylic acids is 1. The molecule has 1 aliphatic rings. The predicted octanol–water partition coefficient (Wildman–Crippen LogP) is 2.83. The van der Waals surface area contributed by atoms with Crippen molar-refractivity contribution in [3.8, 4) is 0 Å². The van der Waals surface area contributed by atoms with Gasteiger partial charge in [0.1, 0.15) is 0 Å². The number of rotatable bonds is 5. The lowest BCUT2D eigenvalue weighted by molar-refractivity contribution is -0.141. The van der Waals surface area contributed by atoms with Crippen LogP contribution < -0.4 is 0 Å². The molecule has 1 amide bonds. The van der Waals surface area contributed by atoms with Crippen LogP contribution >= 0.6 is 11.3 Å². The monoisotopic (exact) mass is 345 g/mol. The highest BCUT2D eigenvalue weighted by Gasteiger charge is 2.41. The largest absolute Gasteiger partial charge is 0.481 e. The minimum Gasteiger partial charge on any atom is -0.481 e. The van der Waals surface area contributed by atoms with Crippen LogP contribution in [0.2, 0.25) is 0 Å². The van der Waals surface area contributed by atoms with E-state index in [4.69, 9.17) is 4.74 Å². The molecule has 24 heavy (non-hydrogen) atoms. The maximum Gasteiger partial charge on any atom is 0.308 e. The number of carboxylic acid groups (broad SMARTS) is 1. The molecule has 0 saturated carbocycles. The molecule has 1 aromatic carbocycles. The van der Waals surface area contributed by atoms with Crippen LogP contribution in [0.1, 0.15) is 26.7 Å². The molecule has 5 nitrogen and oxygen atoms in total. The van der Waals surface area contributed by atoms with Gasteiger partial charge >= 0.3 is 5.97 Å². The zero-order valence-corrected chi connectivity index (χ0v) is 14.2. The molecule has 1 N–H and O–H groups in total. The molecular formula is C18H19NO4S. The highest BCUT2D eigenvalue weighted by atomic mass is 32.1. The first-order valence-electron chi connectivity index (χ1n) is 7.74. The summed E-state index contributed by atoms with van der Waals surface area (Å²) in [6.07, 6.45) is 0.